The Morgan fingerprint density at radius 2 is 1.92 bits per heavy atom. The van der Waals surface area contributed by atoms with Crippen LogP contribution < -0.4 is 21.3 Å². The van der Waals surface area contributed by atoms with Crippen molar-refractivity contribution in [2.75, 3.05) is 17.5 Å². The molecule has 204 valence electrons. The van der Waals surface area contributed by atoms with Crippen molar-refractivity contribution in [3.8, 4) is 0 Å². The van der Waals surface area contributed by atoms with Crippen molar-refractivity contribution in [1.29, 1.82) is 0 Å². The third-order valence-electron chi connectivity index (χ3n) is 7.39. The third kappa shape index (κ3) is 5.83. The Balaban J connectivity index is 1.52. The summed E-state index contributed by atoms with van der Waals surface area (Å²) in [6, 6.07) is 13.1. The fourth-order valence-electron chi connectivity index (χ4n) is 5.02. The largest absolute Gasteiger partial charge is 0.403 e. The van der Waals surface area contributed by atoms with Gasteiger partial charge in [0.15, 0.2) is 0 Å². The molecule has 3 fully saturated rings. The van der Waals surface area contributed by atoms with Crippen molar-refractivity contribution in [3.63, 3.8) is 0 Å². The fraction of sp³-hybridized carbons (Fsp3) is 0.444. The number of hydrazine groups is 1. The molecule has 38 heavy (non-hydrogen) atoms. The number of nitrogens with zero attached hydrogens (tertiary/aromatic N) is 2. The summed E-state index contributed by atoms with van der Waals surface area (Å²) in [5.74, 6) is 5.15. The van der Waals surface area contributed by atoms with Crippen LogP contribution in [0.15, 0.2) is 60.4 Å². The molecule has 5 N–H and O–H groups in total. The zero-order valence-corrected chi connectivity index (χ0v) is 22.5. The summed E-state index contributed by atoms with van der Waals surface area (Å²) in [5, 5.41) is 0.597. The predicted molar refractivity (Wildman–Crippen MR) is 146 cm³/mol. The smallest absolute Gasteiger partial charge is 0.253 e. The molecule has 0 radical (unpaired) electrons. The van der Waals surface area contributed by atoms with Gasteiger partial charge < -0.3 is 20.8 Å². The molecule has 2 aliphatic carbocycles. The number of hydrogen-bond acceptors (Lipinski definition) is 6. The van der Waals surface area contributed by atoms with E-state index in [0.29, 0.717) is 16.4 Å². The maximum atomic E-state index is 15.0. The van der Waals surface area contributed by atoms with Crippen LogP contribution in [-0.4, -0.2) is 45.6 Å². The molecule has 2 aromatic carbocycles. The summed E-state index contributed by atoms with van der Waals surface area (Å²) in [4.78, 5) is 16.0. The number of anilines is 1. The number of ether oxygens (including phenoxy) is 1. The molecule has 8 nitrogen and oxygen atoms in total. The van der Waals surface area contributed by atoms with E-state index in [1.807, 2.05) is 17.0 Å². The van der Waals surface area contributed by atoms with Crippen LogP contribution in [0.2, 0.25) is 5.02 Å². The molecular weight excluding hydrogens is 529 g/mol. The maximum Gasteiger partial charge on any atom is 0.253 e. The molecule has 4 unspecified atom stereocenters. The Labute approximate surface area is 229 Å². The van der Waals surface area contributed by atoms with Gasteiger partial charge in [-0.3, -0.25) is 14.9 Å². The number of carbonyl (C=O) groups excluding carboxylic acids is 1. The van der Waals surface area contributed by atoms with E-state index in [0.717, 1.165) is 31.2 Å². The van der Waals surface area contributed by atoms with Gasteiger partial charge in [0.2, 0.25) is 0 Å². The quantitative estimate of drug-likeness (QED) is 0.286. The van der Waals surface area contributed by atoms with Gasteiger partial charge in [-0.25, -0.2) is 8.60 Å². The van der Waals surface area contributed by atoms with Gasteiger partial charge >= 0.3 is 0 Å². The van der Waals surface area contributed by atoms with E-state index in [1.54, 1.807) is 34.6 Å². The number of hydrogen-bond donors (Lipinski definition) is 3. The van der Waals surface area contributed by atoms with Crippen LogP contribution in [0.3, 0.4) is 0 Å². The highest BCUT2D eigenvalue weighted by molar-refractivity contribution is 7.87. The highest BCUT2D eigenvalue weighted by atomic mass is 35.5. The van der Waals surface area contributed by atoms with E-state index in [-0.39, 0.29) is 48.7 Å². The lowest BCUT2D eigenvalue weighted by Crippen LogP contribution is -2.58. The van der Waals surface area contributed by atoms with Gasteiger partial charge in [0.25, 0.3) is 5.91 Å². The van der Waals surface area contributed by atoms with E-state index < -0.39 is 22.9 Å². The Morgan fingerprint density at radius 1 is 1.21 bits per heavy atom. The first-order chi connectivity index (χ1) is 18.4. The van der Waals surface area contributed by atoms with Crippen LogP contribution in [0.25, 0.3) is 0 Å². The lowest BCUT2D eigenvalue weighted by molar-refractivity contribution is -0.164. The van der Waals surface area contributed by atoms with Gasteiger partial charge in [-0.15, -0.1) is 0 Å². The molecule has 1 saturated heterocycles. The third-order valence-corrected chi connectivity index (χ3v) is 9.47. The van der Waals surface area contributed by atoms with Crippen molar-refractivity contribution >= 4 is 34.2 Å². The standard InChI is InChI=1S/C27H33ClFN5O3S/c28-19-9-7-18(8-10-19)25-16-37-26(13-20(14-30)32-31)27(35)34(25)24(17-5-6-17)15-33(38(36)21-11-12-21)23-4-2-1-3-22(23)29/h1-4,7-10,14,17,21,24-26,32H,5-6,11-13,15-16,30-31H2/b20-14-. The summed E-state index contributed by atoms with van der Waals surface area (Å²) < 4.78 is 36.3. The molecular formula is C27H33ClFN5O3S. The summed E-state index contributed by atoms with van der Waals surface area (Å²) in [6.45, 7) is 0.515. The molecule has 0 spiro atoms. The van der Waals surface area contributed by atoms with E-state index in [4.69, 9.17) is 27.9 Å². The molecule has 3 aliphatic rings. The Bertz CT molecular complexity index is 1210. The van der Waals surface area contributed by atoms with Crippen molar-refractivity contribution in [2.45, 2.75) is 55.5 Å². The molecule has 1 heterocycles. The number of carbonyl (C=O) groups is 1. The van der Waals surface area contributed by atoms with Gasteiger partial charge in [-0.05, 0) is 61.4 Å². The van der Waals surface area contributed by atoms with Crippen LogP contribution in [0.4, 0.5) is 10.1 Å². The Kier molecular flexibility index (Phi) is 8.23. The van der Waals surface area contributed by atoms with Crippen molar-refractivity contribution in [3.05, 3.63) is 76.8 Å². The Morgan fingerprint density at radius 3 is 2.53 bits per heavy atom. The first-order valence-electron chi connectivity index (χ1n) is 12.9. The number of para-hydroxylation sites is 1. The number of nitrogens with one attached hydrogen (secondary N) is 1. The number of amides is 1. The summed E-state index contributed by atoms with van der Waals surface area (Å²) in [5.41, 5.74) is 9.86. The lowest BCUT2D eigenvalue weighted by atomic mass is 9.97. The number of benzene rings is 2. The first kappa shape index (κ1) is 26.9. The van der Waals surface area contributed by atoms with Crippen LogP contribution in [0.5, 0.6) is 0 Å². The predicted octanol–water partition coefficient (Wildman–Crippen LogP) is 3.51. The topological polar surface area (TPSA) is 114 Å². The molecule has 2 aromatic rings. The SMILES string of the molecule is N/C=C(/CC1OCC(c2ccc(Cl)cc2)N(C(CN(c2ccccc2F)S(=O)C2CC2)C2CC2)C1=O)NN. The number of nitrogens with two attached hydrogens (primary N) is 2. The van der Waals surface area contributed by atoms with Gasteiger partial charge in [-0.2, -0.15) is 0 Å². The van der Waals surface area contributed by atoms with Crippen LogP contribution in [0.1, 0.15) is 43.7 Å². The summed E-state index contributed by atoms with van der Waals surface area (Å²) in [7, 11) is -1.41. The van der Waals surface area contributed by atoms with Crippen LogP contribution in [-0.2, 0) is 20.5 Å². The van der Waals surface area contributed by atoms with Crippen LogP contribution >= 0.6 is 11.6 Å². The van der Waals surface area contributed by atoms with Gasteiger partial charge in [0.05, 0.1) is 36.2 Å². The van der Waals surface area contributed by atoms with Crippen molar-refractivity contribution in [2.24, 2.45) is 17.5 Å². The van der Waals surface area contributed by atoms with Gasteiger partial charge in [-0.1, -0.05) is 35.9 Å². The molecule has 1 amide bonds. The van der Waals surface area contributed by atoms with Gasteiger partial charge in [0.1, 0.15) is 22.9 Å². The molecule has 0 aromatic heterocycles. The van der Waals surface area contributed by atoms with E-state index in [9.17, 15) is 9.00 Å². The highest BCUT2D eigenvalue weighted by Gasteiger charge is 2.48. The maximum absolute atomic E-state index is 15.0. The minimum absolute atomic E-state index is 0.00235. The average Bonchev–Trinajstić information content (AvgIpc) is 3.83. The monoisotopic (exact) mass is 561 g/mol. The van der Waals surface area contributed by atoms with Crippen molar-refractivity contribution in [1.82, 2.24) is 10.3 Å². The Hall–Kier alpha value is -2.66. The minimum Gasteiger partial charge on any atom is -0.403 e. The first-order valence-corrected chi connectivity index (χ1v) is 14.5. The number of halogens is 2. The zero-order valence-electron chi connectivity index (χ0n) is 21.0. The second-order valence-electron chi connectivity index (χ2n) is 10.1. The second kappa shape index (κ2) is 11.6. The number of rotatable bonds is 11. The molecule has 2 saturated carbocycles. The minimum atomic E-state index is -1.41. The van der Waals surface area contributed by atoms with E-state index >= 15 is 4.39 Å². The average molecular weight is 562 g/mol. The van der Waals surface area contributed by atoms with E-state index in [2.05, 4.69) is 5.43 Å². The highest BCUT2D eigenvalue weighted by Crippen LogP contribution is 2.43. The normalized spacial score (nSPS) is 23.7. The van der Waals surface area contributed by atoms with Crippen molar-refractivity contribution < 1.29 is 18.1 Å². The molecule has 0 bridgehead atoms. The lowest BCUT2D eigenvalue weighted by Gasteiger charge is -2.45. The summed E-state index contributed by atoms with van der Waals surface area (Å²) >= 11 is 6.15. The molecule has 4 atom stereocenters. The number of morpholine rings is 1. The second-order valence-corrected chi connectivity index (χ2v) is 12.2. The van der Waals surface area contributed by atoms with Crippen LogP contribution in [0, 0.1) is 11.7 Å². The molecule has 1 aliphatic heterocycles. The van der Waals surface area contributed by atoms with Gasteiger partial charge in [0, 0.05) is 23.3 Å². The molecule has 5 rings (SSSR count). The molecule has 11 heteroatoms. The fourth-order valence-corrected chi connectivity index (χ4v) is 6.69. The van der Waals surface area contributed by atoms with E-state index in [1.165, 1.54) is 12.3 Å². The zero-order chi connectivity index (χ0) is 26.8. The summed E-state index contributed by atoms with van der Waals surface area (Å²) in [6.07, 6.45) is 4.29.